The van der Waals surface area contributed by atoms with E-state index in [4.69, 9.17) is 0 Å². The lowest BCUT2D eigenvalue weighted by atomic mass is 10.1. The summed E-state index contributed by atoms with van der Waals surface area (Å²) in [4.78, 5) is 31.3. The number of nitrogens with one attached hydrogen (secondary N) is 1. The lowest BCUT2D eigenvalue weighted by Crippen LogP contribution is -2.42. The lowest BCUT2D eigenvalue weighted by molar-refractivity contribution is -0.132. The van der Waals surface area contributed by atoms with Crippen LogP contribution in [-0.4, -0.2) is 92.3 Å². The van der Waals surface area contributed by atoms with Crippen LogP contribution in [0.15, 0.2) is 6.07 Å². The number of hydrogen-bond acceptors (Lipinski definition) is 5. The fourth-order valence-electron chi connectivity index (χ4n) is 4.07. The Morgan fingerprint density at radius 2 is 1.87 bits per heavy atom. The van der Waals surface area contributed by atoms with Crippen LogP contribution in [0, 0.1) is 13.8 Å². The van der Waals surface area contributed by atoms with E-state index in [1.54, 1.807) is 0 Å². The molecule has 0 radical (unpaired) electrons. The zero-order chi connectivity index (χ0) is 21.8. The Balaban J connectivity index is 1.64. The molecule has 0 aromatic carbocycles. The number of H-pyrrole nitrogens is 1. The average molecular weight is 416 g/mol. The first-order valence-electron chi connectivity index (χ1n) is 10.7. The van der Waals surface area contributed by atoms with Gasteiger partial charge < -0.3 is 9.80 Å². The quantitative estimate of drug-likeness (QED) is 0.771. The van der Waals surface area contributed by atoms with Crippen LogP contribution in [-0.2, 0) is 11.8 Å². The Hall–Kier alpha value is -2.68. The van der Waals surface area contributed by atoms with Gasteiger partial charge in [-0.2, -0.15) is 10.2 Å². The van der Waals surface area contributed by atoms with Crippen LogP contribution in [0.5, 0.6) is 0 Å². The van der Waals surface area contributed by atoms with Gasteiger partial charge in [0.15, 0.2) is 0 Å². The first-order valence-corrected chi connectivity index (χ1v) is 10.7. The number of likely N-dealkylation sites (N-methyl/N-ethyl adjacent to an activating group) is 1. The van der Waals surface area contributed by atoms with Gasteiger partial charge in [-0.25, -0.2) is 0 Å². The van der Waals surface area contributed by atoms with Crippen molar-refractivity contribution in [1.29, 1.82) is 0 Å². The predicted octanol–water partition coefficient (Wildman–Crippen LogP) is 1.44. The van der Waals surface area contributed by atoms with Gasteiger partial charge in [-0.15, -0.1) is 0 Å². The molecule has 164 valence electrons. The van der Waals surface area contributed by atoms with Crippen LogP contribution in [0.3, 0.4) is 0 Å². The SMILES string of the molecule is CCN(CC)C(=O)CN1CCCN(C(=O)c2cc(-c3c(C)nn(C)c3C)n[nH]2)CC1. The van der Waals surface area contributed by atoms with E-state index in [2.05, 4.69) is 20.2 Å². The molecule has 0 aliphatic carbocycles. The maximum absolute atomic E-state index is 13.0. The minimum absolute atomic E-state index is 0.0511. The van der Waals surface area contributed by atoms with Crippen LogP contribution in [0.2, 0.25) is 0 Å². The Morgan fingerprint density at radius 3 is 2.50 bits per heavy atom. The summed E-state index contributed by atoms with van der Waals surface area (Å²) in [6, 6.07) is 1.81. The molecule has 9 nitrogen and oxygen atoms in total. The van der Waals surface area contributed by atoms with E-state index in [1.807, 2.05) is 55.3 Å². The fraction of sp³-hybridized carbons (Fsp3) is 0.619. The average Bonchev–Trinajstić information content (AvgIpc) is 3.19. The monoisotopic (exact) mass is 415 g/mol. The molecule has 0 saturated carbocycles. The topological polar surface area (TPSA) is 90.4 Å². The van der Waals surface area contributed by atoms with Crippen molar-refractivity contribution in [3.05, 3.63) is 23.1 Å². The normalized spacial score (nSPS) is 15.3. The molecule has 0 atom stereocenters. The van der Waals surface area contributed by atoms with E-state index in [1.165, 1.54) is 0 Å². The number of nitrogens with zero attached hydrogens (tertiary/aromatic N) is 6. The molecule has 2 aromatic heterocycles. The second kappa shape index (κ2) is 9.42. The summed E-state index contributed by atoms with van der Waals surface area (Å²) in [5.41, 5.74) is 4.10. The highest BCUT2D eigenvalue weighted by Crippen LogP contribution is 2.25. The Morgan fingerprint density at radius 1 is 1.13 bits per heavy atom. The summed E-state index contributed by atoms with van der Waals surface area (Å²) in [6.45, 7) is 12.6. The fourth-order valence-corrected chi connectivity index (χ4v) is 4.07. The minimum atomic E-state index is -0.0511. The summed E-state index contributed by atoms with van der Waals surface area (Å²) < 4.78 is 1.82. The van der Waals surface area contributed by atoms with E-state index < -0.39 is 0 Å². The van der Waals surface area contributed by atoms with Crippen LogP contribution in [0.4, 0.5) is 0 Å². The van der Waals surface area contributed by atoms with Crippen molar-refractivity contribution in [2.75, 3.05) is 45.8 Å². The maximum atomic E-state index is 13.0. The van der Waals surface area contributed by atoms with Crippen molar-refractivity contribution in [3.63, 3.8) is 0 Å². The van der Waals surface area contributed by atoms with E-state index >= 15 is 0 Å². The molecule has 30 heavy (non-hydrogen) atoms. The molecule has 1 aliphatic heterocycles. The Kier molecular flexibility index (Phi) is 6.91. The summed E-state index contributed by atoms with van der Waals surface area (Å²) in [5.74, 6) is 0.102. The van der Waals surface area contributed by atoms with Crippen LogP contribution in [0.1, 0.15) is 42.1 Å². The molecule has 1 fully saturated rings. The molecule has 3 heterocycles. The van der Waals surface area contributed by atoms with Gasteiger partial charge in [0.1, 0.15) is 5.69 Å². The first kappa shape index (κ1) is 22.0. The highest BCUT2D eigenvalue weighted by Gasteiger charge is 2.24. The molecule has 0 unspecified atom stereocenters. The first-order chi connectivity index (χ1) is 14.3. The van der Waals surface area contributed by atoms with Gasteiger partial charge in [0, 0.05) is 57.6 Å². The van der Waals surface area contributed by atoms with Crippen molar-refractivity contribution in [2.24, 2.45) is 7.05 Å². The van der Waals surface area contributed by atoms with Crippen molar-refractivity contribution in [1.82, 2.24) is 34.7 Å². The van der Waals surface area contributed by atoms with Gasteiger partial charge in [0.2, 0.25) is 5.91 Å². The lowest BCUT2D eigenvalue weighted by Gasteiger charge is -2.25. The standard InChI is InChI=1S/C21H33N7O2/c1-6-27(7-2)19(29)14-26-9-8-10-28(12-11-26)21(30)18-13-17(22-23-18)20-15(3)24-25(5)16(20)4/h13H,6-12,14H2,1-5H3,(H,22,23). The molecule has 9 heteroatoms. The van der Waals surface area contributed by atoms with Crippen molar-refractivity contribution in [2.45, 2.75) is 34.1 Å². The van der Waals surface area contributed by atoms with E-state index in [0.717, 1.165) is 48.7 Å². The molecule has 1 aliphatic rings. The number of hydrogen-bond donors (Lipinski definition) is 1. The van der Waals surface area contributed by atoms with Crippen molar-refractivity contribution >= 4 is 11.8 Å². The van der Waals surface area contributed by atoms with Crippen LogP contribution in [0.25, 0.3) is 11.3 Å². The molecule has 3 rings (SSSR count). The molecule has 1 N–H and O–H groups in total. The number of rotatable bonds is 6. The van der Waals surface area contributed by atoms with Crippen molar-refractivity contribution in [3.8, 4) is 11.3 Å². The molecule has 2 aromatic rings. The van der Waals surface area contributed by atoms with Crippen molar-refractivity contribution < 1.29 is 9.59 Å². The third-order valence-corrected chi connectivity index (χ3v) is 5.92. The number of carbonyl (C=O) groups excluding carboxylic acids is 2. The second-order valence-electron chi connectivity index (χ2n) is 7.82. The van der Waals surface area contributed by atoms with Gasteiger partial charge in [0.05, 0.1) is 17.9 Å². The zero-order valence-corrected chi connectivity index (χ0v) is 18.7. The third kappa shape index (κ3) is 4.56. The van der Waals surface area contributed by atoms with Crippen LogP contribution < -0.4 is 0 Å². The van der Waals surface area contributed by atoms with Crippen LogP contribution >= 0.6 is 0 Å². The molecule has 0 spiro atoms. The number of aryl methyl sites for hydroxylation is 2. The summed E-state index contributed by atoms with van der Waals surface area (Å²) in [7, 11) is 1.90. The van der Waals surface area contributed by atoms with Gasteiger partial charge in [0.25, 0.3) is 5.91 Å². The number of aromatic nitrogens is 4. The highest BCUT2D eigenvalue weighted by atomic mass is 16.2. The second-order valence-corrected chi connectivity index (χ2v) is 7.82. The third-order valence-electron chi connectivity index (χ3n) is 5.92. The summed E-state index contributed by atoms with van der Waals surface area (Å²) in [5, 5.41) is 11.7. The number of amides is 2. The van der Waals surface area contributed by atoms with Gasteiger partial charge in [-0.1, -0.05) is 0 Å². The summed E-state index contributed by atoms with van der Waals surface area (Å²) in [6.07, 6.45) is 0.846. The number of aromatic amines is 1. The molecule has 2 amide bonds. The molecular weight excluding hydrogens is 382 g/mol. The maximum Gasteiger partial charge on any atom is 0.271 e. The highest BCUT2D eigenvalue weighted by molar-refractivity contribution is 5.93. The van der Waals surface area contributed by atoms with E-state index in [9.17, 15) is 9.59 Å². The Labute approximate surface area is 178 Å². The number of carbonyl (C=O) groups is 2. The molecule has 0 bridgehead atoms. The predicted molar refractivity (Wildman–Crippen MR) is 115 cm³/mol. The molecular formula is C21H33N7O2. The van der Waals surface area contributed by atoms with E-state index in [-0.39, 0.29) is 11.8 Å². The minimum Gasteiger partial charge on any atom is -0.342 e. The largest absolute Gasteiger partial charge is 0.342 e. The van der Waals surface area contributed by atoms with Gasteiger partial charge in [-0.05, 0) is 40.2 Å². The van der Waals surface area contributed by atoms with E-state index in [0.29, 0.717) is 31.9 Å². The molecule has 1 saturated heterocycles. The van der Waals surface area contributed by atoms with Gasteiger partial charge in [-0.3, -0.25) is 24.3 Å². The zero-order valence-electron chi connectivity index (χ0n) is 18.7. The van der Waals surface area contributed by atoms with Gasteiger partial charge >= 0.3 is 0 Å². The summed E-state index contributed by atoms with van der Waals surface area (Å²) >= 11 is 0. The smallest absolute Gasteiger partial charge is 0.271 e. The Bertz CT molecular complexity index is 897.